The minimum atomic E-state index is -0.680. The number of benzene rings is 2. The largest absolute Gasteiger partial charge is 0.380 e. The van der Waals surface area contributed by atoms with Crippen LogP contribution < -0.4 is 11.3 Å². The maximum Gasteiger partial charge on any atom is 0.254 e. The van der Waals surface area contributed by atoms with Gasteiger partial charge in [-0.25, -0.2) is 14.6 Å². The summed E-state index contributed by atoms with van der Waals surface area (Å²) in [4.78, 5) is 25.8. The molecule has 0 amide bonds. The minimum Gasteiger partial charge on any atom is -0.380 e. The fourth-order valence-electron chi connectivity index (χ4n) is 5.65. The van der Waals surface area contributed by atoms with Crippen molar-refractivity contribution < 1.29 is 8.91 Å². The molecule has 1 saturated carbocycles. The molecule has 0 saturated heterocycles. The van der Waals surface area contributed by atoms with Crippen molar-refractivity contribution in [3.63, 3.8) is 0 Å². The van der Waals surface area contributed by atoms with E-state index in [9.17, 15) is 4.79 Å². The second-order valence-electron chi connectivity index (χ2n) is 9.87. The summed E-state index contributed by atoms with van der Waals surface area (Å²) in [5.74, 6) is 0.672. The first-order chi connectivity index (χ1) is 19.4. The zero-order valence-electron chi connectivity index (χ0n) is 20.2. The van der Waals surface area contributed by atoms with Gasteiger partial charge in [-0.2, -0.15) is 4.39 Å². The van der Waals surface area contributed by atoms with Crippen LogP contribution in [0, 0.1) is 11.9 Å². The number of nitrogen functional groups attached to an aromatic ring is 1. The highest BCUT2D eigenvalue weighted by Crippen LogP contribution is 2.60. The van der Waals surface area contributed by atoms with Gasteiger partial charge in [0.25, 0.3) is 5.56 Å². The Morgan fingerprint density at radius 1 is 1.12 bits per heavy atom. The minimum absolute atomic E-state index is 0.0474. The second kappa shape index (κ2) is 8.23. The van der Waals surface area contributed by atoms with E-state index >= 15 is 4.39 Å². The summed E-state index contributed by atoms with van der Waals surface area (Å²) in [5, 5.41) is 13.0. The quantitative estimate of drug-likeness (QED) is 0.306. The third-order valence-electron chi connectivity index (χ3n) is 7.53. The molecule has 0 bridgehead atoms. The van der Waals surface area contributed by atoms with Gasteiger partial charge < -0.3 is 15.2 Å². The van der Waals surface area contributed by atoms with Gasteiger partial charge in [-0.1, -0.05) is 39.6 Å². The predicted molar refractivity (Wildman–Crippen MR) is 144 cm³/mol. The molecule has 11 nitrogen and oxygen atoms in total. The highest BCUT2D eigenvalue weighted by Gasteiger charge is 2.55. The molecule has 1 fully saturated rings. The van der Waals surface area contributed by atoms with Gasteiger partial charge in [0.15, 0.2) is 16.6 Å². The Morgan fingerprint density at radius 2 is 2.00 bits per heavy atom. The number of nitrogens with zero attached hydrogens (tertiary/aromatic N) is 7. The van der Waals surface area contributed by atoms with Crippen molar-refractivity contribution in [3.05, 3.63) is 86.8 Å². The Hall–Kier alpha value is -4.55. The van der Waals surface area contributed by atoms with Crippen LogP contribution in [0.1, 0.15) is 30.0 Å². The standard InChI is InChI=1S/C26H16Cl2FN9O2/c27-11-2-4-17(37-9-19(28)34-36-37)15(6-11)16-8-20(39)38-22(13-7-14(13)26(38)31-16)25-32-21(23(29)33-25)10-1-3-12-18(5-10)40-35-24(12)30/h1-6,8-9,13-14,22H,7H2,(H2,30,35)(H,32,33). The summed E-state index contributed by atoms with van der Waals surface area (Å²) >= 11 is 12.3. The van der Waals surface area contributed by atoms with E-state index in [0.717, 1.165) is 6.42 Å². The van der Waals surface area contributed by atoms with E-state index in [1.807, 2.05) is 0 Å². The molecule has 5 heterocycles. The summed E-state index contributed by atoms with van der Waals surface area (Å²) < 4.78 is 23.5. The number of imidazole rings is 1. The average molecular weight is 576 g/mol. The zero-order valence-corrected chi connectivity index (χ0v) is 21.7. The number of halogens is 3. The van der Waals surface area contributed by atoms with Crippen LogP contribution in [-0.2, 0) is 0 Å². The van der Waals surface area contributed by atoms with Crippen molar-refractivity contribution in [3.8, 4) is 28.2 Å². The second-order valence-corrected chi connectivity index (χ2v) is 10.7. The first-order valence-corrected chi connectivity index (χ1v) is 13.0. The number of nitrogens with one attached hydrogen (secondary N) is 1. The van der Waals surface area contributed by atoms with Crippen LogP contribution in [-0.4, -0.2) is 39.7 Å². The van der Waals surface area contributed by atoms with Crippen LogP contribution in [0.15, 0.2) is 58.0 Å². The number of anilines is 1. The first kappa shape index (κ1) is 23.3. The third kappa shape index (κ3) is 3.42. The van der Waals surface area contributed by atoms with Crippen LogP contribution >= 0.6 is 23.2 Å². The number of fused-ring (bicyclic) bond motifs is 4. The summed E-state index contributed by atoms with van der Waals surface area (Å²) in [7, 11) is 0. The predicted octanol–water partition coefficient (Wildman–Crippen LogP) is 4.76. The van der Waals surface area contributed by atoms with E-state index in [-0.39, 0.29) is 34.1 Å². The Balaban J connectivity index is 1.21. The average Bonchev–Trinajstić information content (AvgIpc) is 3.21. The summed E-state index contributed by atoms with van der Waals surface area (Å²) in [6, 6.07) is 11.2. The number of hydrogen-bond donors (Lipinski definition) is 2. The van der Waals surface area contributed by atoms with Crippen molar-refractivity contribution in [1.82, 2.24) is 39.7 Å². The lowest BCUT2D eigenvalue weighted by molar-refractivity contribution is 0.460. The normalized spacial score (nSPS) is 19.2. The van der Waals surface area contributed by atoms with E-state index in [0.29, 0.717) is 50.1 Å². The van der Waals surface area contributed by atoms with E-state index in [1.54, 1.807) is 47.2 Å². The lowest BCUT2D eigenvalue weighted by Crippen LogP contribution is -2.27. The van der Waals surface area contributed by atoms with E-state index in [2.05, 4.69) is 25.4 Å². The van der Waals surface area contributed by atoms with Gasteiger partial charge in [0.2, 0.25) is 5.95 Å². The topological polar surface area (TPSA) is 146 Å². The van der Waals surface area contributed by atoms with Crippen LogP contribution in [0.2, 0.25) is 10.2 Å². The molecule has 2 aromatic carbocycles. The Labute approximate surface area is 233 Å². The smallest absolute Gasteiger partial charge is 0.254 e. The molecule has 40 heavy (non-hydrogen) atoms. The number of H-pyrrole nitrogens is 1. The van der Waals surface area contributed by atoms with Gasteiger partial charge in [-0.05, 0) is 42.7 Å². The number of nitrogens with two attached hydrogens (primary N) is 1. The van der Waals surface area contributed by atoms with Crippen LogP contribution in [0.3, 0.4) is 0 Å². The molecule has 3 unspecified atom stereocenters. The van der Waals surface area contributed by atoms with Gasteiger partial charge >= 0.3 is 0 Å². The molecule has 4 aromatic heterocycles. The molecule has 0 spiro atoms. The highest BCUT2D eigenvalue weighted by atomic mass is 35.5. The van der Waals surface area contributed by atoms with Crippen molar-refractivity contribution in [2.45, 2.75) is 18.4 Å². The molecule has 198 valence electrons. The van der Waals surface area contributed by atoms with Crippen LogP contribution in [0.4, 0.5) is 10.2 Å². The molecule has 8 rings (SSSR count). The molecule has 14 heteroatoms. The maximum atomic E-state index is 15.2. The fourth-order valence-corrected chi connectivity index (χ4v) is 5.95. The van der Waals surface area contributed by atoms with Crippen molar-refractivity contribution in [1.29, 1.82) is 0 Å². The third-order valence-corrected chi connectivity index (χ3v) is 7.94. The number of aromatic amines is 1. The lowest BCUT2D eigenvalue weighted by atomic mass is 10.1. The SMILES string of the molecule is Nc1noc2cc(-c3[nH]c(C4C5CC5c5nc(-c6cc(Cl)ccc6-n6cc(Cl)nn6)cc(=O)n54)nc3F)ccc12. The highest BCUT2D eigenvalue weighted by molar-refractivity contribution is 6.31. The zero-order chi connectivity index (χ0) is 27.3. The van der Waals surface area contributed by atoms with Crippen molar-refractivity contribution >= 4 is 40.0 Å². The summed E-state index contributed by atoms with van der Waals surface area (Å²) in [5.41, 5.74) is 8.32. The van der Waals surface area contributed by atoms with Gasteiger partial charge in [0, 0.05) is 28.1 Å². The molecule has 2 aliphatic rings. The van der Waals surface area contributed by atoms with E-state index in [4.69, 9.17) is 38.4 Å². The van der Waals surface area contributed by atoms with Gasteiger partial charge in [0.1, 0.15) is 17.3 Å². The molecular weight excluding hydrogens is 560 g/mol. The van der Waals surface area contributed by atoms with Gasteiger partial charge in [-0.15, -0.1) is 5.10 Å². The van der Waals surface area contributed by atoms with E-state index in [1.165, 1.54) is 10.7 Å². The fraction of sp³-hybridized carbons (Fsp3) is 0.154. The van der Waals surface area contributed by atoms with Gasteiger partial charge in [0.05, 0.1) is 29.0 Å². The molecule has 1 aliphatic carbocycles. The molecule has 0 radical (unpaired) electrons. The van der Waals surface area contributed by atoms with Crippen LogP contribution in [0.5, 0.6) is 0 Å². The summed E-state index contributed by atoms with van der Waals surface area (Å²) in [6.07, 6.45) is 2.36. The van der Waals surface area contributed by atoms with Crippen molar-refractivity contribution in [2.75, 3.05) is 5.73 Å². The Kier molecular flexibility index (Phi) is 4.80. The molecule has 3 atom stereocenters. The van der Waals surface area contributed by atoms with E-state index < -0.39 is 12.0 Å². The number of rotatable bonds is 4. The molecule has 6 aromatic rings. The van der Waals surface area contributed by atoms with Crippen molar-refractivity contribution in [2.24, 2.45) is 5.92 Å². The first-order valence-electron chi connectivity index (χ1n) is 12.3. The monoisotopic (exact) mass is 575 g/mol. The lowest BCUT2D eigenvalue weighted by Gasteiger charge is -2.17. The number of hydrogen-bond acceptors (Lipinski definition) is 8. The van der Waals surface area contributed by atoms with Gasteiger partial charge in [-0.3, -0.25) is 9.36 Å². The number of aromatic nitrogens is 8. The molecule has 3 N–H and O–H groups in total. The summed E-state index contributed by atoms with van der Waals surface area (Å²) in [6.45, 7) is 0. The maximum absolute atomic E-state index is 15.2. The van der Waals surface area contributed by atoms with Crippen LogP contribution in [0.25, 0.3) is 39.2 Å². The Bertz CT molecular complexity index is 2060. The molecule has 1 aliphatic heterocycles. The molecular formula is C26H16Cl2FN9O2. The Morgan fingerprint density at radius 3 is 2.83 bits per heavy atom.